The van der Waals surface area contributed by atoms with Crippen LogP contribution in [0.5, 0.6) is 5.75 Å². The van der Waals surface area contributed by atoms with Gasteiger partial charge in [-0.25, -0.2) is 13.2 Å². The molecule has 1 atom stereocenters. The van der Waals surface area contributed by atoms with E-state index >= 15 is 0 Å². The van der Waals surface area contributed by atoms with Crippen molar-refractivity contribution in [3.8, 4) is 5.75 Å². The van der Waals surface area contributed by atoms with Crippen LogP contribution in [0, 0.1) is 0 Å². The summed E-state index contributed by atoms with van der Waals surface area (Å²) in [6.07, 6.45) is -1.68. The number of hydrogen-bond acceptors (Lipinski definition) is 5. The molecule has 3 rings (SSSR count). The highest BCUT2D eigenvalue weighted by Crippen LogP contribution is 2.36. The smallest absolute Gasteiger partial charge is 0.417 e. The van der Waals surface area contributed by atoms with Crippen molar-refractivity contribution in [1.29, 1.82) is 0 Å². The molecule has 0 fully saturated rings. The lowest BCUT2D eigenvalue weighted by Crippen LogP contribution is -2.27. The van der Waals surface area contributed by atoms with Gasteiger partial charge < -0.3 is 4.74 Å². The number of halogens is 4. The second kappa shape index (κ2) is 8.83. The van der Waals surface area contributed by atoms with Gasteiger partial charge in [-0.3, -0.25) is 8.99 Å². The molecule has 0 spiro atoms. The van der Waals surface area contributed by atoms with Gasteiger partial charge in [-0.1, -0.05) is 11.6 Å². The number of hydrogen-bond donors (Lipinski definition) is 0. The molecular formula is C20H17ClF3N3O4S. The number of carbonyl (C=O) groups is 1. The van der Waals surface area contributed by atoms with Crippen LogP contribution >= 0.6 is 11.6 Å². The van der Waals surface area contributed by atoms with Crippen LogP contribution in [0.1, 0.15) is 18.5 Å². The number of aromatic nitrogens is 2. The number of anilines is 1. The van der Waals surface area contributed by atoms with E-state index < -0.39 is 43.7 Å². The van der Waals surface area contributed by atoms with E-state index in [0.717, 1.165) is 16.4 Å². The van der Waals surface area contributed by atoms with Crippen LogP contribution in [0.4, 0.5) is 18.9 Å². The lowest BCUT2D eigenvalue weighted by molar-refractivity contribution is -0.138. The minimum atomic E-state index is -4.81. The lowest BCUT2D eigenvalue weighted by atomic mass is 10.2. The van der Waals surface area contributed by atoms with Crippen molar-refractivity contribution in [1.82, 2.24) is 9.78 Å². The molecule has 7 nitrogen and oxygen atoms in total. The summed E-state index contributed by atoms with van der Waals surface area (Å²) in [6.45, 7) is 1.60. The van der Waals surface area contributed by atoms with E-state index in [2.05, 4.69) is 5.10 Å². The Hall–Kier alpha value is -3.05. The molecule has 0 aliphatic rings. The van der Waals surface area contributed by atoms with Gasteiger partial charge in [-0.2, -0.15) is 18.3 Å². The van der Waals surface area contributed by atoms with Crippen LogP contribution in [0.3, 0.4) is 0 Å². The summed E-state index contributed by atoms with van der Waals surface area (Å²) < 4.78 is 72.4. The van der Waals surface area contributed by atoms with Gasteiger partial charge in [0.05, 0.1) is 21.2 Å². The van der Waals surface area contributed by atoms with Gasteiger partial charge in [0.2, 0.25) is 0 Å². The molecule has 0 bridgehead atoms. The third kappa shape index (κ3) is 4.89. The van der Waals surface area contributed by atoms with Crippen molar-refractivity contribution < 1.29 is 31.1 Å². The van der Waals surface area contributed by atoms with Gasteiger partial charge in [0.1, 0.15) is 11.8 Å². The maximum atomic E-state index is 13.1. The van der Waals surface area contributed by atoms with Crippen LogP contribution in [0.2, 0.25) is 5.02 Å². The molecule has 0 aliphatic carbocycles. The molecule has 12 heteroatoms. The number of ether oxygens (including phenoxy) is 1. The molecule has 1 unspecified atom stereocenters. The highest BCUT2D eigenvalue weighted by molar-refractivity contribution is 7.92. The molecular weight excluding hydrogens is 471 g/mol. The number of sulfonamides is 1. The van der Waals surface area contributed by atoms with Gasteiger partial charge in [-0.05, 0) is 55.5 Å². The minimum Gasteiger partial charge on any atom is -0.425 e. The Morgan fingerprint density at radius 3 is 2.41 bits per heavy atom. The molecule has 1 aromatic heterocycles. The Kier molecular flexibility index (Phi) is 6.51. The number of benzene rings is 2. The molecule has 170 valence electrons. The summed E-state index contributed by atoms with van der Waals surface area (Å²) in [5.74, 6) is -0.419. The van der Waals surface area contributed by atoms with Crippen LogP contribution < -0.4 is 9.04 Å². The van der Waals surface area contributed by atoms with Gasteiger partial charge in [0.15, 0.2) is 0 Å². The van der Waals surface area contributed by atoms with E-state index in [1.54, 1.807) is 19.2 Å². The van der Waals surface area contributed by atoms with E-state index in [9.17, 15) is 26.4 Å². The molecule has 0 saturated heterocycles. The van der Waals surface area contributed by atoms with Crippen molar-refractivity contribution in [2.24, 2.45) is 0 Å². The Morgan fingerprint density at radius 2 is 1.84 bits per heavy atom. The normalized spacial score (nSPS) is 12.9. The van der Waals surface area contributed by atoms with Gasteiger partial charge in [-0.15, -0.1) is 0 Å². The topological polar surface area (TPSA) is 81.5 Å². The highest BCUT2D eigenvalue weighted by Gasteiger charge is 2.35. The summed E-state index contributed by atoms with van der Waals surface area (Å²) in [7, 11) is -3.12. The monoisotopic (exact) mass is 487 g/mol. The largest absolute Gasteiger partial charge is 0.425 e. The summed E-state index contributed by atoms with van der Waals surface area (Å²) in [5.41, 5.74) is -1.10. The zero-order chi connectivity index (χ0) is 23.7. The molecule has 0 radical (unpaired) electrons. The molecule has 0 amide bonds. The fourth-order valence-electron chi connectivity index (χ4n) is 2.72. The lowest BCUT2D eigenvalue weighted by Gasteiger charge is -2.21. The quantitative estimate of drug-likeness (QED) is 0.376. The Labute approximate surface area is 187 Å². The number of carbonyl (C=O) groups excluding carboxylic acids is 1. The second-order valence-corrected chi connectivity index (χ2v) is 9.07. The Morgan fingerprint density at radius 1 is 1.19 bits per heavy atom. The van der Waals surface area contributed by atoms with E-state index in [0.29, 0.717) is 6.07 Å². The third-order valence-corrected chi connectivity index (χ3v) is 6.69. The van der Waals surface area contributed by atoms with E-state index in [1.807, 2.05) is 0 Å². The number of rotatable bonds is 6. The predicted molar refractivity (Wildman–Crippen MR) is 111 cm³/mol. The number of alkyl halides is 3. The standard InChI is InChI=1S/C20H17ClF3N3O4S/c1-13(27-11-3-10-25-27)19(28)31-15-6-4-14(5-7-15)26(2)32(29,30)16-8-9-18(21)17(12-16)20(22,23)24/h3-13H,1-2H3. The van der Waals surface area contributed by atoms with Crippen molar-refractivity contribution in [2.75, 3.05) is 11.4 Å². The molecule has 1 heterocycles. The van der Waals surface area contributed by atoms with E-state index in [-0.39, 0.29) is 11.4 Å². The van der Waals surface area contributed by atoms with Crippen LogP contribution in [0.25, 0.3) is 0 Å². The first-order valence-corrected chi connectivity index (χ1v) is 10.9. The molecule has 2 aromatic carbocycles. The SMILES string of the molecule is CC(C(=O)Oc1ccc(N(C)S(=O)(=O)c2ccc(Cl)c(C(F)(F)F)c2)cc1)n1cccn1. The first-order valence-electron chi connectivity index (χ1n) is 9.08. The first kappa shape index (κ1) is 23.6. The molecule has 3 aromatic rings. The van der Waals surface area contributed by atoms with Gasteiger partial charge >= 0.3 is 12.1 Å². The summed E-state index contributed by atoms with van der Waals surface area (Å²) >= 11 is 5.57. The Bertz CT molecular complexity index is 1210. The number of nitrogens with zero attached hydrogens (tertiary/aromatic N) is 3. The van der Waals surface area contributed by atoms with Crippen molar-refractivity contribution >= 4 is 33.3 Å². The predicted octanol–water partition coefficient (Wildman–Crippen LogP) is 4.55. The average molecular weight is 488 g/mol. The number of esters is 1. The highest BCUT2D eigenvalue weighted by atomic mass is 35.5. The second-order valence-electron chi connectivity index (χ2n) is 6.69. The minimum absolute atomic E-state index is 0.147. The van der Waals surface area contributed by atoms with E-state index in [4.69, 9.17) is 16.3 Å². The molecule has 0 saturated carbocycles. The molecule has 32 heavy (non-hydrogen) atoms. The zero-order valence-electron chi connectivity index (χ0n) is 16.7. The van der Waals surface area contributed by atoms with Crippen molar-refractivity contribution in [2.45, 2.75) is 24.0 Å². The summed E-state index contributed by atoms with van der Waals surface area (Å²) in [5, 5.41) is 3.36. The maximum absolute atomic E-state index is 13.1. The van der Waals surface area contributed by atoms with Crippen molar-refractivity contribution in [3.63, 3.8) is 0 Å². The van der Waals surface area contributed by atoms with E-state index in [1.165, 1.54) is 42.2 Å². The van der Waals surface area contributed by atoms with Gasteiger partial charge in [0, 0.05) is 19.4 Å². The average Bonchev–Trinajstić information content (AvgIpc) is 3.27. The van der Waals surface area contributed by atoms with Crippen LogP contribution in [0.15, 0.2) is 65.8 Å². The van der Waals surface area contributed by atoms with Crippen LogP contribution in [-0.4, -0.2) is 31.2 Å². The maximum Gasteiger partial charge on any atom is 0.417 e. The third-order valence-electron chi connectivity index (χ3n) is 4.58. The summed E-state index contributed by atoms with van der Waals surface area (Å²) in [4.78, 5) is 11.7. The van der Waals surface area contributed by atoms with Gasteiger partial charge in [0.25, 0.3) is 10.0 Å². The molecule has 0 aliphatic heterocycles. The zero-order valence-corrected chi connectivity index (χ0v) is 18.3. The Balaban J connectivity index is 1.79. The van der Waals surface area contributed by atoms with Crippen molar-refractivity contribution in [3.05, 3.63) is 71.5 Å². The fraction of sp³-hybridized carbons (Fsp3) is 0.200. The van der Waals surface area contributed by atoms with Crippen LogP contribution in [-0.2, 0) is 21.0 Å². The fourth-order valence-corrected chi connectivity index (χ4v) is 4.17. The first-order chi connectivity index (χ1) is 14.9. The summed E-state index contributed by atoms with van der Waals surface area (Å²) in [6, 6.07) is 8.81. The molecule has 0 N–H and O–H groups in total.